The van der Waals surface area contributed by atoms with E-state index in [9.17, 15) is 13.5 Å². The molecule has 1 aromatic carbocycles. The van der Waals surface area contributed by atoms with Gasteiger partial charge in [-0.1, -0.05) is 44.0 Å². The summed E-state index contributed by atoms with van der Waals surface area (Å²) in [7, 11) is -3.87. The molecule has 1 unspecified atom stereocenters. The molecule has 2 aromatic heterocycles. The zero-order valence-electron chi connectivity index (χ0n) is 17.6. The summed E-state index contributed by atoms with van der Waals surface area (Å²) in [5, 5.41) is 10.5. The van der Waals surface area contributed by atoms with Crippen LogP contribution in [0, 0.1) is 0 Å². The van der Waals surface area contributed by atoms with Crippen LogP contribution in [0.4, 0.5) is 5.82 Å². The quantitative estimate of drug-likeness (QED) is 0.463. The van der Waals surface area contributed by atoms with Crippen molar-refractivity contribution in [1.82, 2.24) is 14.5 Å². The first kappa shape index (κ1) is 19.4. The van der Waals surface area contributed by atoms with Gasteiger partial charge in [-0.05, 0) is 19.4 Å². The number of β-amino-alcohol motifs (C(OH)–C–C–N with tert-alkyl or cyclic N) is 1. The van der Waals surface area contributed by atoms with E-state index in [1.54, 1.807) is 18.5 Å². The summed E-state index contributed by atoms with van der Waals surface area (Å²) < 4.78 is 30.9. The van der Waals surface area contributed by atoms with Gasteiger partial charge in [0, 0.05) is 18.7 Å². The molecule has 1 fully saturated rings. The lowest BCUT2D eigenvalue weighted by Crippen LogP contribution is -2.52. The monoisotopic (exact) mass is 428 g/mol. The number of aliphatic hydroxyl groups is 1. The second kappa shape index (κ2) is 6.01. The Morgan fingerprint density at radius 1 is 1.23 bits per heavy atom. The fourth-order valence-electron chi connectivity index (χ4n) is 4.38. The van der Waals surface area contributed by atoms with Crippen molar-refractivity contribution in [2.45, 2.75) is 56.6 Å². The number of hydrogen-bond donors (Lipinski definition) is 1. The van der Waals surface area contributed by atoms with Gasteiger partial charge in [-0.25, -0.2) is 9.55 Å². The molecule has 0 saturated carbocycles. The zero-order valence-corrected chi connectivity index (χ0v) is 18.4. The van der Waals surface area contributed by atoms with Crippen LogP contribution in [-0.2, 0) is 22.0 Å². The van der Waals surface area contributed by atoms with E-state index in [1.165, 1.54) is 3.97 Å². The third-order valence-corrected chi connectivity index (χ3v) is 7.65. The highest BCUT2D eigenvalue weighted by Gasteiger charge is 2.43. The van der Waals surface area contributed by atoms with Crippen LogP contribution in [-0.4, -0.2) is 46.7 Å². The van der Waals surface area contributed by atoms with Gasteiger partial charge in [-0.3, -0.25) is 0 Å². The number of fused-ring (bicyclic) bond motifs is 1. The lowest BCUT2D eigenvalue weighted by Gasteiger charge is -2.22. The third kappa shape index (κ3) is 2.75. The van der Waals surface area contributed by atoms with Crippen LogP contribution in [0.15, 0.2) is 35.5 Å². The third-order valence-electron chi connectivity index (χ3n) is 5.87. The van der Waals surface area contributed by atoms with E-state index < -0.39 is 21.0 Å². The van der Waals surface area contributed by atoms with Crippen molar-refractivity contribution in [2.24, 2.45) is 0 Å². The smallest absolute Gasteiger partial charge is 0.315 e. The van der Waals surface area contributed by atoms with Crippen LogP contribution in [0.5, 0.6) is 0 Å². The molecular formula is C21H26N5O3S+. The van der Waals surface area contributed by atoms with E-state index >= 15 is 0 Å². The summed E-state index contributed by atoms with van der Waals surface area (Å²) in [4.78, 5) is 11.8. The minimum Gasteiger partial charge on any atom is -0.388 e. The summed E-state index contributed by atoms with van der Waals surface area (Å²) in [6, 6.07) is 7.09. The average Bonchev–Trinajstić information content (AvgIpc) is 3.20. The van der Waals surface area contributed by atoms with Gasteiger partial charge in [0.15, 0.2) is 6.33 Å². The van der Waals surface area contributed by atoms with Gasteiger partial charge in [0.1, 0.15) is 4.90 Å². The van der Waals surface area contributed by atoms with Crippen molar-refractivity contribution in [3.63, 3.8) is 0 Å². The Morgan fingerprint density at radius 2 is 1.97 bits per heavy atom. The van der Waals surface area contributed by atoms with Gasteiger partial charge >= 0.3 is 10.0 Å². The Hall–Kier alpha value is -2.52. The Kier molecular flexibility index (Phi) is 3.90. The fourth-order valence-corrected chi connectivity index (χ4v) is 6.25. The van der Waals surface area contributed by atoms with Crippen molar-refractivity contribution in [1.29, 1.82) is 0 Å². The molecule has 0 spiro atoms. The maximum Gasteiger partial charge on any atom is 0.315 e. The molecule has 2 aliphatic heterocycles. The molecule has 0 aliphatic carbocycles. The van der Waals surface area contributed by atoms with Crippen molar-refractivity contribution >= 4 is 27.0 Å². The van der Waals surface area contributed by atoms with Crippen LogP contribution in [0.25, 0.3) is 11.2 Å². The van der Waals surface area contributed by atoms with E-state index in [0.717, 1.165) is 5.56 Å². The molecule has 158 valence electrons. The molecule has 1 N–H and O–H groups in total. The van der Waals surface area contributed by atoms with E-state index in [2.05, 4.69) is 4.98 Å². The topological polar surface area (TPSA) is 92.2 Å². The van der Waals surface area contributed by atoms with Crippen molar-refractivity contribution in [3.8, 4) is 0 Å². The molecule has 0 amide bonds. The molecule has 1 saturated heterocycles. The molecule has 3 aromatic rings. The van der Waals surface area contributed by atoms with Gasteiger partial charge in [0.2, 0.25) is 11.3 Å². The Balaban J connectivity index is 1.89. The fraction of sp³-hybridized carbons (Fsp3) is 0.476. The van der Waals surface area contributed by atoms with Crippen LogP contribution < -0.4 is 8.87 Å². The molecule has 9 heteroatoms. The average molecular weight is 429 g/mol. The van der Waals surface area contributed by atoms with Crippen molar-refractivity contribution < 1.29 is 17.5 Å². The normalized spacial score (nSPS) is 22.9. The summed E-state index contributed by atoms with van der Waals surface area (Å²) in [5.41, 5.74) is 0.448. The SMILES string of the molecule is CC1(O)CCN(c2nc(C(C)(C)C)[n+]3c4c2ncn4Cc2ccccc2S3(=O)=O)C1. The molecule has 1 atom stereocenters. The highest BCUT2D eigenvalue weighted by Crippen LogP contribution is 2.34. The Morgan fingerprint density at radius 3 is 2.63 bits per heavy atom. The second-order valence-corrected chi connectivity index (χ2v) is 11.4. The number of anilines is 1. The van der Waals surface area contributed by atoms with Crippen LogP contribution >= 0.6 is 0 Å². The van der Waals surface area contributed by atoms with Crippen LogP contribution in [0.3, 0.4) is 0 Å². The van der Waals surface area contributed by atoms with Crippen LogP contribution in [0.2, 0.25) is 0 Å². The number of imidazole rings is 1. The predicted molar refractivity (Wildman–Crippen MR) is 112 cm³/mol. The number of hydrogen-bond acceptors (Lipinski definition) is 6. The molecular weight excluding hydrogens is 402 g/mol. The van der Waals surface area contributed by atoms with Gasteiger partial charge in [-0.15, -0.1) is 3.97 Å². The number of aromatic nitrogens is 4. The zero-order chi connectivity index (χ0) is 21.5. The molecule has 0 bridgehead atoms. The highest BCUT2D eigenvalue weighted by molar-refractivity contribution is 7.85. The molecule has 0 radical (unpaired) electrons. The number of nitrogens with zero attached hydrogens (tertiary/aromatic N) is 5. The lowest BCUT2D eigenvalue weighted by atomic mass is 9.95. The van der Waals surface area contributed by atoms with Gasteiger partial charge < -0.3 is 10.0 Å². The predicted octanol–water partition coefficient (Wildman–Crippen LogP) is 1.58. The van der Waals surface area contributed by atoms with Gasteiger partial charge in [0.05, 0.1) is 17.6 Å². The number of rotatable bonds is 1. The maximum atomic E-state index is 13.8. The van der Waals surface area contributed by atoms with Crippen molar-refractivity contribution in [2.75, 3.05) is 18.0 Å². The highest BCUT2D eigenvalue weighted by atomic mass is 32.2. The molecule has 4 heterocycles. The van der Waals surface area contributed by atoms with Crippen molar-refractivity contribution in [3.05, 3.63) is 42.0 Å². The lowest BCUT2D eigenvalue weighted by molar-refractivity contribution is -0.504. The molecule has 2 aliphatic rings. The first-order chi connectivity index (χ1) is 14.0. The molecule has 8 nitrogen and oxygen atoms in total. The molecule has 5 rings (SSSR count). The van der Waals surface area contributed by atoms with Gasteiger partial charge in [-0.2, -0.15) is 8.42 Å². The first-order valence-corrected chi connectivity index (χ1v) is 11.6. The minimum absolute atomic E-state index is 0.296. The Bertz CT molecular complexity index is 1290. The maximum absolute atomic E-state index is 13.8. The Labute approximate surface area is 175 Å². The standard InChI is InChI=1S/C21H26N5O3S/c1-20(2,3)19-23-17(24-10-9-21(4,27)12-24)16-18-25(13-22-16)11-14-7-5-6-8-15(14)30(28,29)26(18)19/h5-8,13,27H,9-12H2,1-4H3/q+1. The second-order valence-electron chi connectivity index (χ2n) is 9.60. The first-order valence-electron chi connectivity index (χ1n) is 10.1. The number of benzene rings is 1. The van der Waals surface area contributed by atoms with E-state index in [4.69, 9.17) is 4.98 Å². The summed E-state index contributed by atoms with van der Waals surface area (Å²) in [6.07, 6.45) is 2.31. The largest absolute Gasteiger partial charge is 0.388 e. The van der Waals surface area contributed by atoms with Crippen LogP contribution in [0.1, 0.15) is 45.5 Å². The summed E-state index contributed by atoms with van der Waals surface area (Å²) in [5.74, 6) is 1.08. The van der Waals surface area contributed by atoms with E-state index in [0.29, 0.717) is 53.8 Å². The van der Waals surface area contributed by atoms with E-state index in [1.807, 2.05) is 49.3 Å². The summed E-state index contributed by atoms with van der Waals surface area (Å²) in [6.45, 7) is 9.18. The minimum atomic E-state index is -3.87. The van der Waals surface area contributed by atoms with E-state index in [-0.39, 0.29) is 0 Å². The molecule has 30 heavy (non-hydrogen) atoms. The summed E-state index contributed by atoms with van der Waals surface area (Å²) >= 11 is 0. The van der Waals surface area contributed by atoms with Gasteiger partial charge in [0.25, 0.3) is 11.5 Å².